The van der Waals surface area contributed by atoms with E-state index < -0.39 is 0 Å². The Morgan fingerprint density at radius 1 is 1.33 bits per heavy atom. The van der Waals surface area contributed by atoms with Crippen LogP contribution in [0.25, 0.3) is 0 Å². The minimum absolute atomic E-state index is 0.0844. The number of aromatic nitrogens is 1. The van der Waals surface area contributed by atoms with E-state index in [2.05, 4.69) is 17.2 Å². The lowest BCUT2D eigenvalue weighted by atomic mass is 9.82. The lowest BCUT2D eigenvalue weighted by Gasteiger charge is -2.33. The van der Waals surface area contributed by atoms with Crippen LogP contribution >= 0.6 is 0 Å². The van der Waals surface area contributed by atoms with Crippen LogP contribution in [0.5, 0.6) is 11.8 Å². The lowest BCUT2D eigenvalue weighted by Crippen LogP contribution is -2.39. The smallest absolute Gasteiger partial charge is 0.256 e. The summed E-state index contributed by atoms with van der Waals surface area (Å²) in [5, 5.41) is 2.97. The number of ether oxygens (including phenoxy) is 3. The second-order valence-corrected chi connectivity index (χ2v) is 5.52. The zero-order valence-corrected chi connectivity index (χ0v) is 12.8. The maximum atomic E-state index is 12.3. The highest BCUT2D eigenvalue weighted by atomic mass is 16.5. The number of methoxy groups -OCH3 is 2. The third-order valence-electron chi connectivity index (χ3n) is 3.86. The van der Waals surface area contributed by atoms with Crippen molar-refractivity contribution in [2.75, 3.05) is 34.0 Å². The molecule has 1 amide bonds. The first kappa shape index (κ1) is 15.6. The van der Waals surface area contributed by atoms with Crippen molar-refractivity contribution in [3.8, 4) is 11.8 Å². The number of carbonyl (C=O) groups is 1. The molecule has 0 radical (unpaired) electrons. The second kappa shape index (κ2) is 6.76. The molecule has 6 nitrogen and oxygen atoms in total. The lowest BCUT2D eigenvalue weighted by molar-refractivity contribution is 0.0238. The third-order valence-corrected chi connectivity index (χ3v) is 3.86. The van der Waals surface area contributed by atoms with Crippen molar-refractivity contribution in [2.24, 2.45) is 5.41 Å². The van der Waals surface area contributed by atoms with Crippen LogP contribution in [0.2, 0.25) is 0 Å². The minimum atomic E-state index is -0.185. The van der Waals surface area contributed by atoms with Gasteiger partial charge in [-0.1, -0.05) is 6.92 Å². The van der Waals surface area contributed by atoms with Gasteiger partial charge in [-0.15, -0.1) is 0 Å². The Morgan fingerprint density at radius 2 is 2.05 bits per heavy atom. The molecule has 116 valence electrons. The van der Waals surface area contributed by atoms with E-state index in [4.69, 9.17) is 14.2 Å². The van der Waals surface area contributed by atoms with E-state index in [1.54, 1.807) is 12.1 Å². The van der Waals surface area contributed by atoms with E-state index in [1.165, 1.54) is 14.2 Å². The standard InChI is InChI=1S/C15H22N2O4/c1-15(6-8-21-9-7-15)10-16-13(18)11-4-5-12(19-2)17-14(11)20-3/h4-5H,6-10H2,1-3H3,(H,16,18). The van der Waals surface area contributed by atoms with Crippen LogP contribution in [0.1, 0.15) is 30.1 Å². The quantitative estimate of drug-likeness (QED) is 0.894. The molecule has 1 saturated heterocycles. The molecule has 2 rings (SSSR count). The Morgan fingerprint density at radius 3 is 2.67 bits per heavy atom. The van der Waals surface area contributed by atoms with E-state index in [-0.39, 0.29) is 17.2 Å². The summed E-state index contributed by atoms with van der Waals surface area (Å²) in [4.78, 5) is 16.4. The summed E-state index contributed by atoms with van der Waals surface area (Å²) < 4.78 is 15.5. The van der Waals surface area contributed by atoms with Gasteiger partial charge < -0.3 is 19.5 Å². The molecule has 0 aliphatic carbocycles. The van der Waals surface area contributed by atoms with Crippen LogP contribution in [0.3, 0.4) is 0 Å². The first-order valence-electron chi connectivity index (χ1n) is 7.03. The Hall–Kier alpha value is -1.82. The number of nitrogens with one attached hydrogen (secondary N) is 1. The van der Waals surface area contributed by atoms with Crippen LogP contribution in [-0.4, -0.2) is 44.9 Å². The van der Waals surface area contributed by atoms with Crippen molar-refractivity contribution < 1.29 is 19.0 Å². The number of carbonyl (C=O) groups excluding carboxylic acids is 1. The summed E-state index contributed by atoms with van der Waals surface area (Å²) in [7, 11) is 3.01. The first-order chi connectivity index (χ1) is 10.1. The van der Waals surface area contributed by atoms with Gasteiger partial charge in [-0.3, -0.25) is 4.79 Å². The molecule has 1 fully saturated rings. The van der Waals surface area contributed by atoms with Crippen molar-refractivity contribution >= 4 is 5.91 Å². The van der Waals surface area contributed by atoms with E-state index in [9.17, 15) is 4.79 Å². The highest BCUT2D eigenvalue weighted by Gasteiger charge is 2.28. The highest BCUT2D eigenvalue weighted by molar-refractivity contribution is 5.96. The minimum Gasteiger partial charge on any atom is -0.481 e. The molecule has 1 N–H and O–H groups in total. The summed E-state index contributed by atoms with van der Waals surface area (Å²) >= 11 is 0. The van der Waals surface area contributed by atoms with Gasteiger partial charge in [0.15, 0.2) is 0 Å². The van der Waals surface area contributed by atoms with E-state index in [0.29, 0.717) is 18.0 Å². The van der Waals surface area contributed by atoms with Crippen LogP contribution in [0.4, 0.5) is 0 Å². The Labute approximate surface area is 124 Å². The van der Waals surface area contributed by atoms with E-state index in [0.717, 1.165) is 26.1 Å². The molecule has 0 aromatic carbocycles. The van der Waals surface area contributed by atoms with Crippen molar-refractivity contribution in [2.45, 2.75) is 19.8 Å². The van der Waals surface area contributed by atoms with Crippen LogP contribution in [-0.2, 0) is 4.74 Å². The van der Waals surface area contributed by atoms with Gasteiger partial charge in [0.05, 0.1) is 14.2 Å². The molecule has 0 bridgehead atoms. The summed E-state index contributed by atoms with van der Waals surface area (Å²) in [6.45, 7) is 4.28. The zero-order chi connectivity index (χ0) is 15.3. The molecule has 0 unspecified atom stereocenters. The number of nitrogens with zero attached hydrogens (tertiary/aromatic N) is 1. The van der Waals surface area contributed by atoms with Gasteiger partial charge in [0, 0.05) is 25.8 Å². The van der Waals surface area contributed by atoms with Crippen molar-refractivity contribution in [3.63, 3.8) is 0 Å². The van der Waals surface area contributed by atoms with E-state index >= 15 is 0 Å². The molecule has 1 aromatic rings. The maximum absolute atomic E-state index is 12.3. The van der Waals surface area contributed by atoms with Gasteiger partial charge in [0.25, 0.3) is 5.91 Å². The fourth-order valence-electron chi connectivity index (χ4n) is 2.30. The monoisotopic (exact) mass is 294 g/mol. The van der Waals surface area contributed by atoms with Crippen LogP contribution < -0.4 is 14.8 Å². The van der Waals surface area contributed by atoms with Gasteiger partial charge >= 0.3 is 0 Å². The molecule has 1 aliphatic heterocycles. The molecule has 0 saturated carbocycles. The Balaban J connectivity index is 2.03. The largest absolute Gasteiger partial charge is 0.481 e. The van der Waals surface area contributed by atoms with Gasteiger partial charge in [-0.05, 0) is 24.3 Å². The van der Waals surface area contributed by atoms with Crippen molar-refractivity contribution in [1.82, 2.24) is 10.3 Å². The highest BCUT2D eigenvalue weighted by Crippen LogP contribution is 2.29. The summed E-state index contributed by atoms with van der Waals surface area (Å²) in [6, 6.07) is 3.31. The topological polar surface area (TPSA) is 69.7 Å². The zero-order valence-electron chi connectivity index (χ0n) is 12.8. The SMILES string of the molecule is COc1ccc(C(=O)NCC2(C)CCOCC2)c(OC)n1. The summed E-state index contributed by atoms with van der Waals surface area (Å²) in [5.74, 6) is 0.499. The number of rotatable bonds is 5. The molecule has 1 aliphatic rings. The number of hydrogen-bond acceptors (Lipinski definition) is 5. The average molecular weight is 294 g/mol. The molecular weight excluding hydrogens is 272 g/mol. The predicted octanol–water partition coefficient (Wildman–Crippen LogP) is 1.65. The normalized spacial score (nSPS) is 17.1. The molecule has 0 atom stereocenters. The summed E-state index contributed by atoms with van der Waals surface area (Å²) in [5.41, 5.74) is 0.495. The van der Waals surface area contributed by atoms with Gasteiger partial charge in [0.2, 0.25) is 11.8 Å². The fraction of sp³-hybridized carbons (Fsp3) is 0.600. The van der Waals surface area contributed by atoms with E-state index in [1.807, 2.05) is 0 Å². The van der Waals surface area contributed by atoms with Crippen LogP contribution in [0.15, 0.2) is 12.1 Å². The third kappa shape index (κ3) is 3.85. The summed E-state index contributed by atoms with van der Waals surface area (Å²) in [6.07, 6.45) is 1.90. The molecular formula is C15H22N2O4. The van der Waals surface area contributed by atoms with Gasteiger partial charge in [-0.25, -0.2) is 0 Å². The fourth-order valence-corrected chi connectivity index (χ4v) is 2.30. The van der Waals surface area contributed by atoms with Gasteiger partial charge in [0.1, 0.15) is 5.56 Å². The Bertz CT molecular complexity index is 498. The molecule has 0 spiro atoms. The maximum Gasteiger partial charge on any atom is 0.256 e. The average Bonchev–Trinajstić information content (AvgIpc) is 2.52. The predicted molar refractivity (Wildman–Crippen MR) is 77.8 cm³/mol. The second-order valence-electron chi connectivity index (χ2n) is 5.52. The van der Waals surface area contributed by atoms with Crippen LogP contribution in [0, 0.1) is 5.41 Å². The van der Waals surface area contributed by atoms with Crippen molar-refractivity contribution in [3.05, 3.63) is 17.7 Å². The Kier molecular flexibility index (Phi) is 5.01. The molecule has 1 aromatic heterocycles. The molecule has 6 heteroatoms. The first-order valence-corrected chi connectivity index (χ1v) is 7.03. The van der Waals surface area contributed by atoms with Gasteiger partial charge in [-0.2, -0.15) is 4.98 Å². The number of pyridine rings is 1. The number of hydrogen-bond donors (Lipinski definition) is 1. The molecule has 2 heterocycles. The molecule has 21 heavy (non-hydrogen) atoms. The van der Waals surface area contributed by atoms with Crippen molar-refractivity contribution in [1.29, 1.82) is 0 Å². The number of amides is 1.